The van der Waals surface area contributed by atoms with Crippen LogP contribution in [0.3, 0.4) is 0 Å². The van der Waals surface area contributed by atoms with Crippen molar-refractivity contribution in [2.45, 2.75) is 72.1 Å². The molecule has 3 aromatic heterocycles. The summed E-state index contributed by atoms with van der Waals surface area (Å²) in [6, 6.07) is 52.7. The minimum atomic E-state index is -0.103. The maximum atomic E-state index is 6.83. The van der Waals surface area contributed by atoms with Crippen LogP contribution in [0.1, 0.15) is 82.2 Å². The molecule has 11 aromatic rings. The maximum Gasteiger partial charge on any atom is 0.329 e. The van der Waals surface area contributed by atoms with Gasteiger partial charge in [0.05, 0.1) is 0 Å². The zero-order valence-electron chi connectivity index (χ0n) is 37.6. The molecule has 2 aliphatic heterocycles. The molecule has 5 heterocycles. The molecule has 3 nitrogen and oxygen atoms in total. The lowest BCUT2D eigenvalue weighted by atomic mass is 9.40. The van der Waals surface area contributed by atoms with Crippen molar-refractivity contribution in [2.75, 3.05) is 4.81 Å². The van der Waals surface area contributed by atoms with Gasteiger partial charge in [-0.15, -0.1) is 11.3 Å². The number of fused-ring (bicyclic) bond motifs is 13. The van der Waals surface area contributed by atoms with Crippen LogP contribution in [0.5, 0.6) is 0 Å². The van der Waals surface area contributed by atoms with E-state index >= 15 is 0 Å². The Morgan fingerprint density at radius 2 is 1.22 bits per heavy atom. The highest BCUT2D eigenvalue weighted by Crippen LogP contribution is 2.51. The summed E-state index contributed by atoms with van der Waals surface area (Å²) in [6.45, 7) is 18.4. The molecule has 2 aliphatic rings. The fraction of sp³-hybridized carbons (Fsp3) is 0.186. The first-order chi connectivity index (χ1) is 30.8. The summed E-state index contributed by atoms with van der Waals surface area (Å²) in [5, 5.41) is 7.32. The molecule has 13 rings (SSSR count). The lowest BCUT2D eigenvalue weighted by Crippen LogP contribution is -2.62. The van der Waals surface area contributed by atoms with Gasteiger partial charge in [-0.25, -0.2) is 0 Å². The van der Waals surface area contributed by atoms with Crippen molar-refractivity contribution < 1.29 is 8.83 Å². The number of anilines is 2. The molecule has 5 heteroatoms. The second-order valence-electron chi connectivity index (χ2n) is 20.5. The van der Waals surface area contributed by atoms with Gasteiger partial charge in [0.1, 0.15) is 22.3 Å². The van der Waals surface area contributed by atoms with Gasteiger partial charge in [0.2, 0.25) is 0 Å². The number of furan rings is 2. The molecule has 0 aliphatic carbocycles. The molecule has 0 radical (unpaired) electrons. The largest absolute Gasteiger partial charge is 0.456 e. The molecule has 0 bridgehead atoms. The lowest BCUT2D eigenvalue weighted by molar-refractivity contribution is 0.590. The Hall–Kier alpha value is -6.56. The Morgan fingerprint density at radius 1 is 0.547 bits per heavy atom. The smallest absolute Gasteiger partial charge is 0.329 e. The van der Waals surface area contributed by atoms with E-state index in [9.17, 15) is 0 Å². The number of benzene rings is 8. The van der Waals surface area contributed by atoms with Crippen LogP contribution in [0.2, 0.25) is 0 Å². The molecule has 0 amide bonds. The predicted octanol–water partition coefficient (Wildman–Crippen LogP) is 15.8. The second kappa shape index (κ2) is 13.0. The van der Waals surface area contributed by atoms with Gasteiger partial charge in [0, 0.05) is 70.6 Å². The van der Waals surface area contributed by atoms with Gasteiger partial charge in [-0.1, -0.05) is 121 Å². The topological polar surface area (TPSA) is 29.5 Å². The third kappa shape index (κ3) is 5.28. The quantitative estimate of drug-likeness (QED) is 0.162. The van der Waals surface area contributed by atoms with Gasteiger partial charge >= 0.3 is 6.85 Å². The normalized spacial score (nSPS) is 15.0. The number of hydrogen-bond donors (Lipinski definition) is 0. The van der Waals surface area contributed by atoms with E-state index in [2.05, 4.69) is 200 Å². The molecule has 1 atom stereocenters. The molecular weight excluding hydrogens is 798 g/mol. The van der Waals surface area contributed by atoms with E-state index in [1.807, 2.05) is 11.3 Å². The summed E-state index contributed by atoms with van der Waals surface area (Å²) >= 11 is 1.91. The van der Waals surface area contributed by atoms with Crippen molar-refractivity contribution in [2.24, 2.45) is 0 Å². The number of para-hydroxylation sites is 1. The van der Waals surface area contributed by atoms with Crippen LogP contribution >= 0.6 is 11.3 Å². The predicted molar refractivity (Wildman–Crippen MR) is 274 cm³/mol. The Morgan fingerprint density at radius 3 is 2.02 bits per heavy atom. The molecule has 64 heavy (non-hydrogen) atoms. The van der Waals surface area contributed by atoms with Crippen molar-refractivity contribution >= 4 is 105 Å². The first kappa shape index (κ1) is 38.0. The fourth-order valence-electron chi connectivity index (χ4n) is 11.4. The highest BCUT2D eigenvalue weighted by atomic mass is 32.1. The lowest BCUT2D eigenvalue weighted by Gasteiger charge is -2.45. The second-order valence-corrected chi connectivity index (χ2v) is 21.6. The monoisotopic (exact) mass is 845 g/mol. The van der Waals surface area contributed by atoms with Gasteiger partial charge in [0.25, 0.3) is 0 Å². The van der Waals surface area contributed by atoms with Crippen molar-refractivity contribution in [1.82, 2.24) is 0 Å². The van der Waals surface area contributed by atoms with E-state index < -0.39 is 0 Å². The van der Waals surface area contributed by atoms with Gasteiger partial charge in [0.15, 0.2) is 0 Å². The highest BCUT2D eigenvalue weighted by Gasteiger charge is 2.46. The van der Waals surface area contributed by atoms with Crippen LogP contribution in [0.15, 0.2) is 148 Å². The molecule has 0 saturated carbocycles. The van der Waals surface area contributed by atoms with E-state index in [0.717, 1.165) is 33.1 Å². The third-order valence-corrected chi connectivity index (χ3v) is 15.8. The highest BCUT2D eigenvalue weighted by molar-refractivity contribution is 7.26. The number of hydrogen-bond acceptors (Lipinski definition) is 4. The van der Waals surface area contributed by atoms with Crippen LogP contribution < -0.4 is 15.7 Å². The number of aryl methyl sites for hydroxylation is 1. The summed E-state index contributed by atoms with van der Waals surface area (Å²) < 4.78 is 16.1. The minimum Gasteiger partial charge on any atom is -0.456 e. The van der Waals surface area contributed by atoms with Crippen molar-refractivity contribution in [1.29, 1.82) is 0 Å². The first-order valence-electron chi connectivity index (χ1n) is 22.8. The van der Waals surface area contributed by atoms with Crippen LogP contribution in [0.25, 0.3) is 86.3 Å². The summed E-state index contributed by atoms with van der Waals surface area (Å²) in [6.07, 6.45) is 0. The molecule has 310 valence electrons. The Bertz CT molecular complexity index is 3790. The molecule has 1 unspecified atom stereocenters. The van der Waals surface area contributed by atoms with Crippen LogP contribution in [0, 0.1) is 6.92 Å². The SMILES string of the molecule is Cc1ccc2oc3ccccc3c2c1-c1ccc2c3c1C(C)c1cc4c(cc1B3N(c1ccc(C(C)(C)C)cc1)c1cc3oc5ccc(C(C)(C)C)cc5c3cc1-2)sc1ccccc14. The van der Waals surface area contributed by atoms with E-state index in [1.54, 1.807) is 0 Å². The van der Waals surface area contributed by atoms with E-state index in [1.165, 1.54) is 103 Å². The van der Waals surface area contributed by atoms with Crippen molar-refractivity contribution in [3.8, 4) is 22.3 Å². The van der Waals surface area contributed by atoms with Crippen LogP contribution in [-0.4, -0.2) is 6.85 Å². The Labute approximate surface area is 378 Å². The van der Waals surface area contributed by atoms with Crippen LogP contribution in [-0.2, 0) is 10.8 Å². The summed E-state index contributed by atoms with van der Waals surface area (Å²) in [5.74, 6) is 0.103. The maximum absolute atomic E-state index is 6.83. The van der Waals surface area contributed by atoms with Crippen LogP contribution in [0.4, 0.5) is 11.4 Å². The van der Waals surface area contributed by atoms with E-state index in [4.69, 9.17) is 8.83 Å². The average Bonchev–Trinajstić information content (AvgIpc) is 3.96. The molecule has 0 N–H and O–H groups in total. The minimum absolute atomic E-state index is 0.00872. The number of rotatable bonds is 2. The molecule has 8 aromatic carbocycles. The van der Waals surface area contributed by atoms with E-state index in [-0.39, 0.29) is 23.6 Å². The summed E-state index contributed by atoms with van der Waals surface area (Å²) in [4.78, 5) is 2.65. The molecule has 0 fully saturated rings. The Balaban J connectivity index is 1.18. The van der Waals surface area contributed by atoms with Crippen molar-refractivity contribution in [3.05, 3.63) is 167 Å². The van der Waals surface area contributed by atoms with Gasteiger partial charge in [-0.2, -0.15) is 0 Å². The zero-order chi connectivity index (χ0) is 43.6. The molecule has 0 saturated heterocycles. The summed E-state index contributed by atoms with van der Waals surface area (Å²) in [7, 11) is 0. The van der Waals surface area contributed by atoms with Gasteiger partial charge in [-0.05, 0) is 134 Å². The third-order valence-electron chi connectivity index (χ3n) is 14.6. The molecular formula is C59H48BNO2S. The molecule has 0 spiro atoms. The first-order valence-corrected chi connectivity index (χ1v) is 23.6. The standard InChI is InChI=1S/C59H48BNO2S/c1-32-17-25-50-56(39-14-9-11-15-48(39)62-50)54(32)40-24-23-38-42-29-44-43-27-35(59(6,7)8)20-26-49(43)63-51(44)31-47(42)61(36-21-18-34(19-22-36)58(3,4)5)60-46-30-53-45(37-13-10-12-16-52(37)64-53)28-41(46)33(2)55(40)57(38)60/h9-31,33H,1-8H3. The van der Waals surface area contributed by atoms with E-state index in [0.29, 0.717) is 0 Å². The Kier molecular flexibility index (Phi) is 7.72. The average molecular weight is 846 g/mol. The fourth-order valence-corrected chi connectivity index (χ4v) is 12.5. The number of thiophene rings is 1. The van der Waals surface area contributed by atoms with Gasteiger partial charge < -0.3 is 13.6 Å². The number of nitrogens with zero attached hydrogens (tertiary/aromatic N) is 1. The van der Waals surface area contributed by atoms with Gasteiger partial charge in [-0.3, -0.25) is 0 Å². The zero-order valence-corrected chi connectivity index (χ0v) is 38.4. The van der Waals surface area contributed by atoms with Crippen molar-refractivity contribution in [3.63, 3.8) is 0 Å². The summed E-state index contributed by atoms with van der Waals surface area (Å²) in [5.41, 5.74) is 20.5.